The average Bonchev–Trinajstić information content (AvgIpc) is 2.55. The molecule has 23 heavy (non-hydrogen) atoms. The summed E-state index contributed by atoms with van der Waals surface area (Å²) in [7, 11) is -3.19. The van der Waals surface area contributed by atoms with Crippen LogP contribution in [0.25, 0.3) is 0 Å². The number of hydrogen-bond acceptors (Lipinski definition) is 5. The molecule has 1 aromatic rings. The van der Waals surface area contributed by atoms with Crippen molar-refractivity contribution in [2.45, 2.75) is 33.1 Å². The molecule has 130 valence electrons. The highest BCUT2D eigenvalue weighted by molar-refractivity contribution is 7.58. The van der Waals surface area contributed by atoms with Gasteiger partial charge in [0.05, 0.1) is 19.1 Å². The lowest BCUT2D eigenvalue weighted by atomic mass is 10.0. The molecule has 1 rings (SSSR count). The van der Waals surface area contributed by atoms with Gasteiger partial charge in [0.2, 0.25) is 7.37 Å². The number of rotatable bonds is 11. The monoisotopic (exact) mass is 342 g/mol. The second-order valence-corrected chi connectivity index (χ2v) is 7.92. The summed E-state index contributed by atoms with van der Waals surface area (Å²) in [6.07, 6.45) is 1.67. The zero-order valence-corrected chi connectivity index (χ0v) is 14.8. The summed E-state index contributed by atoms with van der Waals surface area (Å²) in [4.78, 5) is 12.1. The lowest BCUT2D eigenvalue weighted by Crippen LogP contribution is -2.23. The number of ether oxygens (including phenoxy) is 1. The van der Waals surface area contributed by atoms with E-state index in [1.54, 1.807) is 13.8 Å². The molecule has 1 aromatic carbocycles. The summed E-state index contributed by atoms with van der Waals surface area (Å²) in [5.41, 5.74) is 1.20. The van der Waals surface area contributed by atoms with Gasteiger partial charge in [-0.25, -0.2) is 0 Å². The third kappa shape index (κ3) is 7.30. The van der Waals surface area contributed by atoms with Gasteiger partial charge in [0.15, 0.2) is 0 Å². The van der Waals surface area contributed by atoms with E-state index in [1.165, 1.54) is 5.56 Å². The second kappa shape index (κ2) is 10.6. The van der Waals surface area contributed by atoms with Crippen molar-refractivity contribution in [3.63, 3.8) is 0 Å². The molecule has 2 atom stereocenters. The normalized spacial score (nSPS) is 14.9. The molecule has 2 unspecified atom stereocenters. The minimum Gasteiger partial charge on any atom is -0.466 e. The molecule has 0 amide bonds. The Bertz CT molecular complexity index is 503. The maximum atomic E-state index is 12.5. The van der Waals surface area contributed by atoms with Crippen LogP contribution in [0.5, 0.6) is 0 Å². The molecular formula is C17H27O5P. The first-order valence-electron chi connectivity index (χ1n) is 8.08. The minimum atomic E-state index is -3.19. The van der Waals surface area contributed by atoms with Gasteiger partial charge in [0.1, 0.15) is 6.35 Å². The number of aryl methyl sites for hydroxylation is 1. The highest BCUT2D eigenvalue weighted by Gasteiger charge is 2.31. The molecule has 0 spiro atoms. The van der Waals surface area contributed by atoms with Crippen molar-refractivity contribution in [3.05, 3.63) is 35.9 Å². The number of aliphatic hydroxyl groups is 1. The maximum absolute atomic E-state index is 12.5. The summed E-state index contributed by atoms with van der Waals surface area (Å²) in [5.74, 6) is -0.878. The van der Waals surface area contributed by atoms with Crippen molar-refractivity contribution < 1.29 is 23.7 Å². The Morgan fingerprint density at radius 3 is 2.48 bits per heavy atom. The van der Waals surface area contributed by atoms with Crippen LogP contribution in [0.4, 0.5) is 0 Å². The summed E-state index contributed by atoms with van der Waals surface area (Å²) in [5, 5.41) is 9.34. The maximum Gasteiger partial charge on any atom is 0.309 e. The molecule has 0 radical (unpaired) electrons. The summed E-state index contributed by atoms with van der Waals surface area (Å²) in [6, 6.07) is 10.0. The van der Waals surface area contributed by atoms with Crippen molar-refractivity contribution in [2.75, 3.05) is 25.7 Å². The first-order chi connectivity index (χ1) is 11.0. The second-order valence-electron chi connectivity index (χ2n) is 5.38. The molecule has 0 saturated heterocycles. The van der Waals surface area contributed by atoms with Crippen LogP contribution in [0.2, 0.25) is 0 Å². The highest BCUT2D eigenvalue weighted by atomic mass is 31.2. The molecule has 5 nitrogen and oxygen atoms in total. The van der Waals surface area contributed by atoms with E-state index in [9.17, 15) is 14.5 Å². The summed E-state index contributed by atoms with van der Waals surface area (Å²) < 4.78 is 22.7. The Hall–Kier alpha value is -1.16. The molecule has 6 heteroatoms. The number of carbonyl (C=O) groups excluding carboxylic acids is 1. The fraction of sp³-hybridized carbons (Fsp3) is 0.588. The summed E-state index contributed by atoms with van der Waals surface area (Å²) >= 11 is 0. The third-order valence-electron chi connectivity index (χ3n) is 3.56. The Kier molecular flexibility index (Phi) is 9.15. The Balaban J connectivity index is 2.65. The Labute approximate surface area is 138 Å². The number of benzene rings is 1. The molecule has 0 fully saturated rings. The molecular weight excluding hydrogens is 315 g/mol. The van der Waals surface area contributed by atoms with Crippen LogP contribution in [0.3, 0.4) is 0 Å². The van der Waals surface area contributed by atoms with E-state index in [1.807, 2.05) is 30.3 Å². The molecule has 0 aliphatic heterocycles. The van der Waals surface area contributed by atoms with Gasteiger partial charge in [-0.15, -0.1) is 0 Å². The number of carbonyl (C=O) groups is 1. The zero-order valence-electron chi connectivity index (χ0n) is 13.9. The SMILES string of the molecule is CCOC(=O)C(CCCc1ccccc1)CP(=O)(CO)OCC. The van der Waals surface area contributed by atoms with E-state index in [4.69, 9.17) is 9.26 Å². The van der Waals surface area contributed by atoms with Gasteiger partial charge in [0, 0.05) is 6.16 Å². The van der Waals surface area contributed by atoms with Gasteiger partial charge in [-0.2, -0.15) is 0 Å². The van der Waals surface area contributed by atoms with Gasteiger partial charge in [-0.05, 0) is 38.7 Å². The van der Waals surface area contributed by atoms with Gasteiger partial charge >= 0.3 is 5.97 Å². The molecule has 0 aliphatic carbocycles. The van der Waals surface area contributed by atoms with E-state index in [2.05, 4.69) is 0 Å². The van der Waals surface area contributed by atoms with E-state index >= 15 is 0 Å². The number of hydrogen-bond donors (Lipinski definition) is 1. The first-order valence-corrected chi connectivity index (χ1v) is 10.1. The smallest absolute Gasteiger partial charge is 0.309 e. The lowest BCUT2D eigenvalue weighted by Gasteiger charge is -2.21. The van der Waals surface area contributed by atoms with Gasteiger partial charge < -0.3 is 14.4 Å². The van der Waals surface area contributed by atoms with Crippen LogP contribution < -0.4 is 0 Å². The number of aliphatic hydroxyl groups excluding tert-OH is 1. The topological polar surface area (TPSA) is 72.8 Å². The Morgan fingerprint density at radius 1 is 1.22 bits per heavy atom. The average molecular weight is 342 g/mol. The van der Waals surface area contributed by atoms with Crippen molar-refractivity contribution in [1.82, 2.24) is 0 Å². The Morgan fingerprint density at radius 2 is 1.91 bits per heavy atom. The number of esters is 1. The van der Waals surface area contributed by atoms with Crippen molar-refractivity contribution in [1.29, 1.82) is 0 Å². The molecule has 1 N–H and O–H groups in total. The van der Waals surface area contributed by atoms with Gasteiger partial charge in [-0.1, -0.05) is 30.3 Å². The van der Waals surface area contributed by atoms with Crippen LogP contribution in [0.1, 0.15) is 32.3 Å². The van der Waals surface area contributed by atoms with Gasteiger partial charge in [0.25, 0.3) is 0 Å². The molecule has 0 aliphatic rings. The van der Waals surface area contributed by atoms with Crippen LogP contribution in [0.15, 0.2) is 30.3 Å². The van der Waals surface area contributed by atoms with Gasteiger partial charge in [-0.3, -0.25) is 9.36 Å². The first kappa shape index (κ1) is 19.9. The van der Waals surface area contributed by atoms with E-state index < -0.39 is 19.6 Å². The quantitative estimate of drug-likeness (QED) is 0.492. The lowest BCUT2D eigenvalue weighted by molar-refractivity contribution is -0.147. The van der Waals surface area contributed by atoms with Crippen LogP contribution in [-0.4, -0.2) is 36.8 Å². The van der Waals surface area contributed by atoms with Crippen LogP contribution in [0, 0.1) is 5.92 Å². The fourth-order valence-electron chi connectivity index (χ4n) is 2.46. The molecule has 0 heterocycles. The van der Waals surface area contributed by atoms with Crippen molar-refractivity contribution in [2.24, 2.45) is 5.92 Å². The standard InChI is InChI=1S/C17H27O5P/c1-3-21-17(19)16(13-23(20,14-18)22-4-2)12-8-11-15-9-6-5-7-10-15/h5-7,9-10,16,18H,3-4,8,11-14H2,1-2H3. The zero-order chi connectivity index (χ0) is 17.1. The molecule has 0 bridgehead atoms. The highest BCUT2D eigenvalue weighted by Crippen LogP contribution is 2.48. The van der Waals surface area contributed by atoms with Crippen LogP contribution >= 0.6 is 7.37 Å². The van der Waals surface area contributed by atoms with E-state index in [0.717, 1.165) is 12.8 Å². The van der Waals surface area contributed by atoms with E-state index in [0.29, 0.717) is 6.42 Å². The largest absolute Gasteiger partial charge is 0.466 e. The minimum absolute atomic E-state index is 0.0327. The van der Waals surface area contributed by atoms with E-state index in [-0.39, 0.29) is 25.3 Å². The van der Waals surface area contributed by atoms with Crippen molar-refractivity contribution >= 4 is 13.3 Å². The predicted molar refractivity (Wildman–Crippen MR) is 90.7 cm³/mol. The third-order valence-corrected chi connectivity index (χ3v) is 5.72. The predicted octanol–water partition coefficient (Wildman–Crippen LogP) is 3.45. The molecule has 0 aromatic heterocycles. The fourth-order valence-corrected chi connectivity index (χ4v) is 4.24. The molecule has 0 saturated carbocycles. The summed E-state index contributed by atoms with van der Waals surface area (Å²) in [6.45, 7) is 3.99. The van der Waals surface area contributed by atoms with Crippen LogP contribution in [-0.2, 0) is 25.0 Å². The van der Waals surface area contributed by atoms with Crippen molar-refractivity contribution in [3.8, 4) is 0 Å².